The van der Waals surface area contributed by atoms with Gasteiger partial charge in [0.05, 0.1) is 6.20 Å². The van der Waals surface area contributed by atoms with Crippen LogP contribution in [-0.2, 0) is 18.5 Å². The van der Waals surface area contributed by atoms with Crippen LogP contribution in [0.2, 0.25) is 0 Å². The van der Waals surface area contributed by atoms with E-state index in [4.69, 9.17) is 10.7 Å². The van der Waals surface area contributed by atoms with Crippen molar-refractivity contribution in [3.63, 3.8) is 0 Å². The van der Waals surface area contributed by atoms with E-state index < -0.39 is 0 Å². The lowest BCUT2D eigenvalue weighted by molar-refractivity contribution is 0.498. The maximum Gasteiger partial charge on any atom is 0.131 e. The van der Waals surface area contributed by atoms with E-state index >= 15 is 0 Å². The van der Waals surface area contributed by atoms with Crippen LogP contribution in [0.1, 0.15) is 46.9 Å². The van der Waals surface area contributed by atoms with Gasteiger partial charge >= 0.3 is 0 Å². The molecule has 0 amide bonds. The number of imidazole rings is 1. The van der Waals surface area contributed by atoms with Gasteiger partial charge in [-0.2, -0.15) is 5.10 Å². The second-order valence-corrected chi connectivity index (χ2v) is 6.16. The van der Waals surface area contributed by atoms with E-state index in [0.717, 1.165) is 42.4 Å². The Kier molecular flexibility index (Phi) is 3.88. The van der Waals surface area contributed by atoms with Gasteiger partial charge in [-0.1, -0.05) is 27.7 Å². The summed E-state index contributed by atoms with van der Waals surface area (Å²) >= 11 is 0. The molecule has 0 aliphatic rings. The van der Waals surface area contributed by atoms with Crippen LogP contribution in [0.15, 0.2) is 12.4 Å². The molecule has 0 bridgehead atoms. The van der Waals surface area contributed by atoms with Gasteiger partial charge in [0.1, 0.15) is 17.3 Å². The van der Waals surface area contributed by atoms with Gasteiger partial charge in [0, 0.05) is 30.3 Å². The molecule has 5 nitrogen and oxygen atoms in total. The molecule has 5 heteroatoms. The van der Waals surface area contributed by atoms with E-state index in [1.54, 1.807) is 0 Å². The number of hydrogen-bond donors (Lipinski definition) is 1. The summed E-state index contributed by atoms with van der Waals surface area (Å²) in [5.74, 6) is 1.78. The standard InChI is InChI=1S/C15H25N5/c1-6-8-20-13(16)12(18-14(20)15(3,4)5)11-9-17-19(7-2)10-11/h9-10H,6-8,16H2,1-5H3. The summed E-state index contributed by atoms with van der Waals surface area (Å²) in [4.78, 5) is 4.80. The molecule has 0 saturated heterocycles. The van der Waals surface area contributed by atoms with E-state index in [9.17, 15) is 0 Å². The number of aromatic nitrogens is 4. The van der Waals surface area contributed by atoms with Crippen LogP contribution in [0.3, 0.4) is 0 Å². The monoisotopic (exact) mass is 275 g/mol. The van der Waals surface area contributed by atoms with Gasteiger partial charge in [0.2, 0.25) is 0 Å². The fraction of sp³-hybridized carbons (Fsp3) is 0.600. The normalized spacial score (nSPS) is 12.1. The predicted molar refractivity (Wildman–Crippen MR) is 82.5 cm³/mol. The van der Waals surface area contributed by atoms with Gasteiger partial charge in [-0.25, -0.2) is 4.98 Å². The topological polar surface area (TPSA) is 61.7 Å². The lowest BCUT2D eigenvalue weighted by Gasteiger charge is -2.19. The number of nitrogens with two attached hydrogens (primary N) is 1. The van der Waals surface area contributed by atoms with Gasteiger partial charge in [-0.3, -0.25) is 4.68 Å². The van der Waals surface area contributed by atoms with Crippen molar-refractivity contribution < 1.29 is 0 Å². The van der Waals surface area contributed by atoms with Crippen molar-refractivity contribution in [3.8, 4) is 11.3 Å². The van der Waals surface area contributed by atoms with Crippen molar-refractivity contribution in [3.05, 3.63) is 18.2 Å². The zero-order valence-electron chi connectivity index (χ0n) is 13.1. The number of hydrogen-bond acceptors (Lipinski definition) is 3. The van der Waals surface area contributed by atoms with Crippen molar-refractivity contribution in [1.29, 1.82) is 0 Å². The van der Waals surface area contributed by atoms with Crippen molar-refractivity contribution in [2.45, 2.75) is 59.5 Å². The Hall–Kier alpha value is -1.78. The molecule has 0 atom stereocenters. The number of aryl methyl sites for hydroxylation is 1. The molecule has 0 unspecified atom stereocenters. The Morgan fingerprint density at radius 3 is 2.45 bits per heavy atom. The number of nitrogen functional groups attached to an aromatic ring is 1. The molecular weight excluding hydrogens is 250 g/mol. The molecule has 2 aromatic rings. The second kappa shape index (κ2) is 5.31. The molecule has 0 fully saturated rings. The summed E-state index contributed by atoms with van der Waals surface area (Å²) in [5.41, 5.74) is 8.15. The van der Waals surface area contributed by atoms with Crippen LogP contribution in [-0.4, -0.2) is 19.3 Å². The Morgan fingerprint density at radius 1 is 1.25 bits per heavy atom. The van der Waals surface area contributed by atoms with Crippen molar-refractivity contribution in [1.82, 2.24) is 19.3 Å². The van der Waals surface area contributed by atoms with Gasteiger partial charge in [0.15, 0.2) is 0 Å². The highest BCUT2D eigenvalue weighted by molar-refractivity contribution is 5.70. The Morgan fingerprint density at radius 2 is 1.95 bits per heavy atom. The average Bonchev–Trinajstić information content (AvgIpc) is 2.95. The first-order valence-electron chi connectivity index (χ1n) is 7.27. The molecule has 2 heterocycles. The molecule has 2 N–H and O–H groups in total. The maximum atomic E-state index is 6.33. The van der Waals surface area contributed by atoms with Crippen LogP contribution in [0.4, 0.5) is 5.82 Å². The summed E-state index contributed by atoms with van der Waals surface area (Å²) in [6, 6.07) is 0. The first-order valence-corrected chi connectivity index (χ1v) is 7.27. The first kappa shape index (κ1) is 14.6. The van der Waals surface area contributed by atoms with Crippen molar-refractivity contribution >= 4 is 5.82 Å². The molecule has 110 valence electrons. The maximum absolute atomic E-state index is 6.33. The Labute approximate surface area is 120 Å². The highest BCUT2D eigenvalue weighted by Gasteiger charge is 2.25. The van der Waals surface area contributed by atoms with Crippen LogP contribution in [0.5, 0.6) is 0 Å². The minimum absolute atomic E-state index is 0.0255. The van der Waals surface area contributed by atoms with Crippen LogP contribution in [0, 0.1) is 0 Å². The third kappa shape index (κ3) is 2.57. The Balaban J connectivity index is 2.54. The van der Waals surface area contributed by atoms with Gasteiger partial charge in [-0.05, 0) is 13.3 Å². The highest BCUT2D eigenvalue weighted by Crippen LogP contribution is 2.31. The number of rotatable bonds is 4. The molecule has 0 radical (unpaired) electrons. The number of anilines is 1. The van der Waals surface area contributed by atoms with Crippen LogP contribution < -0.4 is 5.73 Å². The molecular formula is C15H25N5. The molecule has 0 spiro atoms. The van der Waals surface area contributed by atoms with Gasteiger partial charge in [0.25, 0.3) is 0 Å². The minimum atomic E-state index is -0.0255. The Bertz CT molecular complexity index is 586. The van der Waals surface area contributed by atoms with Crippen LogP contribution >= 0.6 is 0 Å². The minimum Gasteiger partial charge on any atom is -0.383 e. The largest absolute Gasteiger partial charge is 0.383 e. The SMILES string of the molecule is CCCn1c(C(C)(C)C)nc(-c2cnn(CC)c2)c1N. The first-order chi connectivity index (χ1) is 9.38. The molecule has 0 saturated carbocycles. The van der Waals surface area contributed by atoms with E-state index in [1.807, 2.05) is 17.1 Å². The van der Waals surface area contributed by atoms with E-state index in [0.29, 0.717) is 0 Å². The zero-order chi connectivity index (χ0) is 14.9. The van der Waals surface area contributed by atoms with E-state index in [-0.39, 0.29) is 5.41 Å². The zero-order valence-corrected chi connectivity index (χ0v) is 13.1. The lowest BCUT2D eigenvalue weighted by atomic mass is 9.95. The smallest absolute Gasteiger partial charge is 0.131 e. The van der Waals surface area contributed by atoms with Crippen molar-refractivity contribution in [2.75, 3.05) is 5.73 Å². The molecule has 2 rings (SSSR count). The second-order valence-electron chi connectivity index (χ2n) is 6.16. The molecule has 0 aliphatic heterocycles. The summed E-state index contributed by atoms with van der Waals surface area (Å²) in [5, 5.41) is 4.31. The van der Waals surface area contributed by atoms with Gasteiger partial charge < -0.3 is 10.3 Å². The quantitative estimate of drug-likeness (QED) is 0.932. The molecule has 0 aliphatic carbocycles. The fourth-order valence-corrected chi connectivity index (χ4v) is 2.36. The predicted octanol–water partition coefficient (Wildman–Crippen LogP) is 3.06. The van der Waals surface area contributed by atoms with Crippen molar-refractivity contribution in [2.24, 2.45) is 0 Å². The average molecular weight is 275 g/mol. The fourth-order valence-electron chi connectivity index (χ4n) is 2.36. The van der Waals surface area contributed by atoms with E-state index in [2.05, 4.69) is 44.3 Å². The third-order valence-corrected chi connectivity index (χ3v) is 3.36. The number of nitrogens with zero attached hydrogens (tertiary/aromatic N) is 4. The summed E-state index contributed by atoms with van der Waals surface area (Å²) in [6.07, 6.45) is 4.88. The summed E-state index contributed by atoms with van der Waals surface area (Å²) in [7, 11) is 0. The van der Waals surface area contributed by atoms with Crippen LogP contribution in [0.25, 0.3) is 11.3 Å². The van der Waals surface area contributed by atoms with Gasteiger partial charge in [-0.15, -0.1) is 0 Å². The lowest BCUT2D eigenvalue weighted by Crippen LogP contribution is -2.19. The summed E-state index contributed by atoms with van der Waals surface area (Å²) < 4.78 is 4.03. The highest BCUT2D eigenvalue weighted by atomic mass is 15.3. The third-order valence-electron chi connectivity index (χ3n) is 3.36. The summed E-state index contributed by atoms with van der Waals surface area (Å²) in [6.45, 7) is 12.5. The molecule has 0 aromatic carbocycles. The molecule has 20 heavy (non-hydrogen) atoms. The van der Waals surface area contributed by atoms with E-state index in [1.165, 1.54) is 0 Å². The molecule has 2 aromatic heterocycles.